The van der Waals surface area contributed by atoms with Gasteiger partial charge in [0, 0.05) is 80.2 Å². The number of aromatic nitrogens is 9. The molecule has 0 saturated carbocycles. The smallest absolute Gasteiger partial charge is 0.870 e. The van der Waals surface area contributed by atoms with E-state index in [4.69, 9.17) is 67.5 Å². The predicted octanol–water partition coefficient (Wildman–Crippen LogP) is 16.3. The second-order valence-electron chi connectivity index (χ2n) is 20.8. The molecule has 12 rings (SSSR count). The monoisotopic (exact) mass is 1510 g/mol. The molecule has 6 aromatic carbocycles. The van der Waals surface area contributed by atoms with Crippen LogP contribution in [0.5, 0.6) is 0 Å². The van der Waals surface area contributed by atoms with Gasteiger partial charge in [0.15, 0.2) is 34.9 Å². The molecule has 0 radical (unpaired) electrons. The Balaban J connectivity index is 0.000000206. The molecule has 514 valence electrons. The van der Waals surface area contributed by atoms with Gasteiger partial charge < -0.3 is 30.1 Å². The molecule has 0 unspecified atom stereocenters. The number of aryl methyl sites for hydroxylation is 3. The van der Waals surface area contributed by atoms with E-state index in [0.29, 0.717) is 61.0 Å². The first kappa shape index (κ1) is 78.9. The van der Waals surface area contributed by atoms with E-state index < -0.39 is 58.4 Å². The molecule has 0 aliphatic rings. The Morgan fingerprint density at radius 3 is 1.20 bits per heavy atom. The number of carboxylic acid groups (broad SMARTS) is 1. The van der Waals surface area contributed by atoms with E-state index in [1.807, 2.05) is 27.0 Å². The Morgan fingerprint density at radius 1 is 0.455 bits per heavy atom. The third-order valence-electron chi connectivity index (χ3n) is 14.4. The first-order valence-corrected chi connectivity index (χ1v) is 33.9. The summed E-state index contributed by atoms with van der Waals surface area (Å²) >= 11 is 34.5. The van der Waals surface area contributed by atoms with Gasteiger partial charge in [0.05, 0.1) is 107 Å². The number of rotatable bonds is 20. The van der Waals surface area contributed by atoms with E-state index in [9.17, 15) is 23.9 Å². The van der Waals surface area contributed by atoms with Crippen molar-refractivity contribution in [3.8, 4) is 17.1 Å². The zero-order valence-corrected chi connectivity index (χ0v) is 59.4. The van der Waals surface area contributed by atoms with Gasteiger partial charge in [0.2, 0.25) is 0 Å². The number of nitrogens with zero attached hydrogens (tertiary/aromatic N) is 9. The Morgan fingerprint density at radius 2 is 0.808 bits per heavy atom. The van der Waals surface area contributed by atoms with Crippen LogP contribution in [0.3, 0.4) is 0 Å². The SMILES string of the molecule is CCCn1cc(-n2c(Cl)c(Sc3cccc(C(=O)O)c3F)c3ccc(Cl)c(F)c32)cn1.CCCn1cc(-n2c(Cl)c(Sc3cccc(C(=O)OCC)c3F)c3ccc(Cl)c(F)c32)cn1.CCCn1cc(-n2cc(Sc3cccc(C(=O)OCC)c3F)c3ccc(Cl)c(F)c32)cn1.O.[Li+].[OH-]. The van der Waals surface area contributed by atoms with E-state index in [0.717, 1.165) is 61.1 Å². The van der Waals surface area contributed by atoms with Gasteiger partial charge in [-0.3, -0.25) is 23.2 Å². The quantitative estimate of drug-likeness (QED) is 0.0427. The normalized spacial score (nSPS) is 11.0. The summed E-state index contributed by atoms with van der Waals surface area (Å²) in [6, 6.07) is 22.2. The van der Waals surface area contributed by atoms with Gasteiger partial charge in [0.25, 0.3) is 0 Å². The predicted molar refractivity (Wildman–Crippen MR) is 369 cm³/mol. The summed E-state index contributed by atoms with van der Waals surface area (Å²) in [7, 11) is 0. The van der Waals surface area contributed by atoms with Gasteiger partial charge in [-0.25, -0.2) is 40.7 Å². The number of halogens is 11. The summed E-state index contributed by atoms with van der Waals surface area (Å²) in [6.07, 6.45) is 14.5. The maximum absolute atomic E-state index is 15.2. The third kappa shape index (κ3) is 16.5. The van der Waals surface area contributed by atoms with Gasteiger partial charge in [0.1, 0.15) is 10.3 Å². The first-order chi connectivity index (χ1) is 46.1. The molecule has 99 heavy (non-hydrogen) atoms. The average Bonchev–Trinajstić information content (AvgIpc) is 1.61. The van der Waals surface area contributed by atoms with Crippen molar-refractivity contribution < 1.29 is 85.1 Å². The van der Waals surface area contributed by atoms with Gasteiger partial charge >= 0.3 is 36.8 Å². The largest absolute Gasteiger partial charge is 1.00 e. The van der Waals surface area contributed by atoms with Crippen LogP contribution in [-0.4, -0.2) is 90.2 Å². The number of hydrogen-bond acceptors (Lipinski definition) is 12. The number of carboxylic acids is 1. The maximum Gasteiger partial charge on any atom is 1.00 e. The van der Waals surface area contributed by atoms with Crippen molar-refractivity contribution in [1.82, 2.24) is 43.0 Å². The minimum absolute atomic E-state index is 0. The van der Waals surface area contributed by atoms with Crippen LogP contribution in [0.25, 0.3) is 49.8 Å². The van der Waals surface area contributed by atoms with Crippen LogP contribution in [0.1, 0.15) is 85.0 Å². The molecule has 0 fully saturated rings. The van der Waals surface area contributed by atoms with Crippen molar-refractivity contribution in [2.45, 2.75) is 103 Å². The number of fused-ring (bicyclic) bond motifs is 3. The summed E-state index contributed by atoms with van der Waals surface area (Å²) in [4.78, 5) is 37.3. The minimum atomic E-state index is -1.38. The topological polar surface area (TPSA) is 220 Å². The van der Waals surface area contributed by atoms with Gasteiger partial charge in [-0.1, -0.05) is 132 Å². The van der Waals surface area contributed by atoms with E-state index in [1.54, 1.807) is 106 Å². The number of carbonyl (C=O) groups excluding carboxylic acids is 2. The number of esters is 2. The average molecular weight is 1510 g/mol. The fourth-order valence-corrected chi connectivity index (χ4v) is 14.5. The first-order valence-electron chi connectivity index (χ1n) is 29.5. The molecule has 0 atom stereocenters. The molecule has 0 amide bonds. The van der Waals surface area contributed by atoms with Crippen molar-refractivity contribution in [3.63, 3.8) is 0 Å². The molecule has 6 aromatic heterocycles. The van der Waals surface area contributed by atoms with Crippen LogP contribution in [0.4, 0.5) is 26.3 Å². The number of aromatic carboxylic acids is 1. The molecule has 0 aliphatic heterocycles. The molecule has 0 aliphatic carbocycles. The zero-order chi connectivity index (χ0) is 68.8. The van der Waals surface area contributed by atoms with Crippen LogP contribution in [0.2, 0.25) is 25.4 Å². The minimum Gasteiger partial charge on any atom is -0.870 e. The van der Waals surface area contributed by atoms with Gasteiger partial charge in [-0.2, -0.15) is 15.3 Å². The molecule has 32 heteroatoms. The molecule has 0 spiro atoms. The van der Waals surface area contributed by atoms with Crippen LogP contribution >= 0.6 is 93.3 Å². The summed E-state index contributed by atoms with van der Waals surface area (Å²) in [5.41, 5.74) is 1.52. The molecule has 0 bridgehead atoms. The third-order valence-corrected chi connectivity index (χ3v) is 19.6. The van der Waals surface area contributed by atoms with Crippen molar-refractivity contribution in [1.29, 1.82) is 0 Å². The van der Waals surface area contributed by atoms with Crippen LogP contribution in [0, 0.1) is 34.9 Å². The molecule has 6 heterocycles. The van der Waals surface area contributed by atoms with E-state index in [1.165, 1.54) is 63.7 Å². The molecule has 0 saturated heterocycles. The van der Waals surface area contributed by atoms with Crippen molar-refractivity contribution in [3.05, 3.63) is 211 Å². The molecule has 17 nitrogen and oxygen atoms in total. The van der Waals surface area contributed by atoms with Crippen molar-refractivity contribution in [2.75, 3.05) is 13.2 Å². The standard InChI is InChI=1S/C23H19Cl2F2N3O2S.C23H20ClF2N3O2S.C21H15Cl2F2N3O2S.Li.2H2O/c1-3-10-29-12-13(11-28-29)30-20-15(8-9-16(24)19(20)27)21(22(30)25)33-17-7-5-6-14(18(17)26)23(31)32-4-2;1-3-10-28-12-14(11-27-28)29-13-19(15-8-9-17(24)21(26)22(15)29)32-18-7-5-6-16(20(18)25)23(30)31-4-2;1-2-8-27-10-11(9-26-27)28-18-13(6-7-14(22)17(18)25)19(20(28)23)31-15-5-3-4-12(16(15)24)21(29)30;;;/h5-9,11-12H,3-4,10H2,1-2H3;5-9,11-13H,3-4,10H2,1-2H3;3-7,9-10H,2,8H2,1H3,(H,29,30);;2*1H2/q;;;+1;;/p-1. The fourth-order valence-electron chi connectivity index (χ4n) is 10.2. The second-order valence-corrected chi connectivity index (χ2v) is 26.0. The number of carbonyl (C=O) groups is 3. The Kier molecular flexibility index (Phi) is 27.7. The van der Waals surface area contributed by atoms with E-state index in [2.05, 4.69) is 15.3 Å². The number of hydrogen-bond donors (Lipinski definition) is 1. The summed E-state index contributed by atoms with van der Waals surface area (Å²) in [5.74, 6) is -7.05. The van der Waals surface area contributed by atoms with Crippen molar-refractivity contribution >= 4 is 144 Å². The maximum atomic E-state index is 15.2. The second kappa shape index (κ2) is 34.8. The van der Waals surface area contributed by atoms with Crippen molar-refractivity contribution in [2.24, 2.45) is 0 Å². The number of ether oxygens (including phenoxy) is 2. The Labute approximate surface area is 612 Å². The summed E-state index contributed by atoms with van der Waals surface area (Å²) in [5, 5.41) is 23.7. The van der Waals surface area contributed by atoms with Crippen LogP contribution in [-0.2, 0) is 29.1 Å². The summed E-state index contributed by atoms with van der Waals surface area (Å²) in [6.45, 7) is 11.7. The fraction of sp³-hybridized carbons (Fsp3) is 0.194. The molecular formula is C67H57Cl5F6LiN9O8S3. The van der Waals surface area contributed by atoms with Crippen LogP contribution < -0.4 is 18.9 Å². The Hall–Kier alpha value is -7.42. The molecule has 4 N–H and O–H groups in total. The van der Waals surface area contributed by atoms with Gasteiger partial charge in [-0.15, -0.1) is 0 Å². The summed E-state index contributed by atoms with van der Waals surface area (Å²) < 4.78 is 110. The van der Waals surface area contributed by atoms with Gasteiger partial charge in [-0.05, 0) is 106 Å². The Bertz CT molecular complexity index is 4950. The van der Waals surface area contributed by atoms with Crippen LogP contribution in [0.15, 0.2) is 164 Å². The molecular weight excluding hydrogens is 1450 g/mol. The zero-order valence-electron chi connectivity index (χ0n) is 53.2. The number of benzene rings is 6. The van der Waals surface area contributed by atoms with E-state index in [-0.39, 0.29) is 111 Å². The molecule has 12 aromatic rings. The van der Waals surface area contributed by atoms with E-state index >= 15 is 22.0 Å².